The molecule has 1 aliphatic heterocycles. The van der Waals surface area contributed by atoms with E-state index in [-0.39, 0.29) is 5.78 Å². The molecule has 126 valence electrons. The van der Waals surface area contributed by atoms with Crippen molar-refractivity contribution in [3.05, 3.63) is 66.1 Å². The summed E-state index contributed by atoms with van der Waals surface area (Å²) in [5.41, 5.74) is 3.97. The standard InChI is InChI=1S/C20H19N3OS/c24-20(16-2-1-7-21-13-16)6-3-15-14-22-19-5-4-17(12-18(15)19)23-8-10-25-11-9-23/h1-7,12-14,22H,8-11H2/b6-3+. The molecule has 4 rings (SSSR count). The van der Waals surface area contributed by atoms with Crippen LogP contribution in [0.1, 0.15) is 15.9 Å². The number of aromatic amines is 1. The second-order valence-electron chi connectivity index (χ2n) is 6.01. The van der Waals surface area contributed by atoms with Gasteiger partial charge in [0, 0.05) is 65.3 Å². The molecule has 1 aromatic carbocycles. The average molecular weight is 349 g/mol. The number of anilines is 1. The van der Waals surface area contributed by atoms with Gasteiger partial charge in [0.25, 0.3) is 0 Å². The van der Waals surface area contributed by atoms with Crippen molar-refractivity contribution in [2.45, 2.75) is 0 Å². The molecule has 0 bridgehead atoms. The monoisotopic (exact) mass is 349 g/mol. The van der Waals surface area contributed by atoms with E-state index in [1.165, 1.54) is 17.2 Å². The lowest BCUT2D eigenvalue weighted by Gasteiger charge is -2.28. The number of benzene rings is 1. The van der Waals surface area contributed by atoms with E-state index >= 15 is 0 Å². The average Bonchev–Trinajstić information content (AvgIpc) is 3.10. The molecule has 3 heterocycles. The number of aromatic nitrogens is 2. The first kappa shape index (κ1) is 16.0. The molecule has 4 nitrogen and oxygen atoms in total. The van der Waals surface area contributed by atoms with Gasteiger partial charge in [0.1, 0.15) is 0 Å². The van der Waals surface area contributed by atoms with E-state index in [9.17, 15) is 4.79 Å². The molecule has 0 unspecified atom stereocenters. The molecule has 1 aliphatic rings. The lowest BCUT2D eigenvalue weighted by Crippen LogP contribution is -2.32. The summed E-state index contributed by atoms with van der Waals surface area (Å²) in [6.45, 7) is 2.18. The first-order chi connectivity index (χ1) is 12.3. The minimum Gasteiger partial charge on any atom is -0.370 e. The molecule has 0 spiro atoms. The topological polar surface area (TPSA) is 49.0 Å². The maximum Gasteiger partial charge on any atom is 0.187 e. The molecule has 2 aromatic heterocycles. The van der Waals surface area contributed by atoms with Crippen LogP contribution in [0.2, 0.25) is 0 Å². The van der Waals surface area contributed by atoms with Crippen LogP contribution in [0.15, 0.2) is 55.0 Å². The number of ketones is 1. The number of hydrogen-bond donors (Lipinski definition) is 1. The van der Waals surface area contributed by atoms with Crippen molar-refractivity contribution in [3.8, 4) is 0 Å². The Kier molecular flexibility index (Phi) is 4.57. The molecule has 0 atom stereocenters. The Morgan fingerprint density at radius 1 is 1.24 bits per heavy atom. The Labute approximate surface area is 151 Å². The van der Waals surface area contributed by atoms with Crippen LogP contribution >= 0.6 is 11.8 Å². The van der Waals surface area contributed by atoms with E-state index in [1.807, 2.05) is 24.0 Å². The van der Waals surface area contributed by atoms with Crippen LogP contribution in [-0.2, 0) is 0 Å². The van der Waals surface area contributed by atoms with Gasteiger partial charge in [-0.25, -0.2) is 0 Å². The summed E-state index contributed by atoms with van der Waals surface area (Å²) in [6.07, 6.45) is 8.70. The van der Waals surface area contributed by atoms with Gasteiger partial charge in [0.15, 0.2) is 5.78 Å². The Morgan fingerprint density at radius 2 is 2.12 bits per heavy atom. The first-order valence-corrected chi connectivity index (χ1v) is 9.53. The third-order valence-corrected chi connectivity index (χ3v) is 5.38. The van der Waals surface area contributed by atoms with Crippen molar-refractivity contribution in [2.75, 3.05) is 29.5 Å². The Balaban J connectivity index is 1.61. The number of fused-ring (bicyclic) bond motifs is 1. The largest absolute Gasteiger partial charge is 0.370 e. The maximum absolute atomic E-state index is 12.2. The number of carbonyl (C=O) groups is 1. The zero-order valence-electron chi connectivity index (χ0n) is 13.8. The van der Waals surface area contributed by atoms with Crippen molar-refractivity contribution in [1.29, 1.82) is 0 Å². The third-order valence-electron chi connectivity index (χ3n) is 4.43. The van der Waals surface area contributed by atoms with E-state index < -0.39 is 0 Å². The fraction of sp³-hybridized carbons (Fsp3) is 0.200. The molecule has 25 heavy (non-hydrogen) atoms. The normalized spacial score (nSPS) is 15.1. The van der Waals surface area contributed by atoms with Crippen LogP contribution < -0.4 is 4.90 Å². The predicted molar refractivity (Wildman–Crippen MR) is 105 cm³/mol. The summed E-state index contributed by atoms with van der Waals surface area (Å²) < 4.78 is 0. The molecule has 5 heteroatoms. The van der Waals surface area contributed by atoms with Gasteiger partial charge in [-0.2, -0.15) is 11.8 Å². The van der Waals surface area contributed by atoms with Crippen LogP contribution in [0.4, 0.5) is 5.69 Å². The van der Waals surface area contributed by atoms with Gasteiger partial charge in [-0.15, -0.1) is 0 Å². The summed E-state index contributed by atoms with van der Waals surface area (Å²) in [7, 11) is 0. The van der Waals surface area contributed by atoms with E-state index in [2.05, 4.69) is 33.1 Å². The first-order valence-electron chi connectivity index (χ1n) is 8.37. The number of nitrogens with zero attached hydrogens (tertiary/aromatic N) is 2. The van der Waals surface area contributed by atoms with Gasteiger partial charge in [-0.1, -0.05) is 0 Å². The lowest BCUT2D eigenvalue weighted by molar-refractivity contribution is 0.104. The molecule has 1 N–H and O–H groups in total. The fourth-order valence-corrected chi connectivity index (χ4v) is 3.96. The number of nitrogens with one attached hydrogen (secondary N) is 1. The lowest BCUT2D eigenvalue weighted by atomic mass is 10.1. The summed E-state index contributed by atoms with van der Waals surface area (Å²) in [6, 6.07) is 10.1. The Morgan fingerprint density at radius 3 is 2.92 bits per heavy atom. The van der Waals surface area contributed by atoms with Gasteiger partial charge in [-0.3, -0.25) is 9.78 Å². The SMILES string of the molecule is O=C(/C=C/c1c[nH]c2ccc(N3CCSCC3)cc12)c1cccnc1. The predicted octanol–water partition coefficient (Wildman–Crippen LogP) is 4.01. The smallest absolute Gasteiger partial charge is 0.187 e. The highest BCUT2D eigenvalue weighted by molar-refractivity contribution is 7.99. The van der Waals surface area contributed by atoms with Crippen molar-refractivity contribution in [2.24, 2.45) is 0 Å². The summed E-state index contributed by atoms with van der Waals surface area (Å²) in [5.74, 6) is 2.32. The van der Waals surface area contributed by atoms with Crippen LogP contribution in [0.25, 0.3) is 17.0 Å². The van der Waals surface area contributed by atoms with Crippen LogP contribution in [0, 0.1) is 0 Å². The Hall–Kier alpha value is -2.53. The third kappa shape index (κ3) is 3.46. The number of pyridine rings is 1. The Bertz CT molecular complexity index is 911. The van der Waals surface area contributed by atoms with Crippen LogP contribution in [-0.4, -0.2) is 40.3 Å². The fourth-order valence-electron chi connectivity index (χ4n) is 3.06. The van der Waals surface area contributed by atoms with Crippen LogP contribution in [0.3, 0.4) is 0 Å². The number of thioether (sulfide) groups is 1. The van der Waals surface area contributed by atoms with E-state index in [4.69, 9.17) is 0 Å². The molecule has 0 saturated carbocycles. The van der Waals surface area contributed by atoms with Crippen molar-refractivity contribution >= 4 is 40.2 Å². The molecule has 3 aromatic rings. The molecular weight excluding hydrogens is 330 g/mol. The molecule has 1 saturated heterocycles. The molecule has 0 amide bonds. The number of carbonyl (C=O) groups excluding carboxylic acids is 1. The molecule has 0 aliphatic carbocycles. The zero-order valence-corrected chi connectivity index (χ0v) is 14.6. The summed E-state index contributed by atoms with van der Waals surface area (Å²) in [5, 5.41) is 1.14. The highest BCUT2D eigenvalue weighted by Gasteiger charge is 2.12. The van der Waals surface area contributed by atoms with Crippen molar-refractivity contribution in [1.82, 2.24) is 9.97 Å². The van der Waals surface area contributed by atoms with Crippen molar-refractivity contribution in [3.63, 3.8) is 0 Å². The minimum atomic E-state index is -0.0355. The van der Waals surface area contributed by atoms with Gasteiger partial charge >= 0.3 is 0 Å². The summed E-state index contributed by atoms with van der Waals surface area (Å²) in [4.78, 5) is 22.0. The van der Waals surface area contributed by atoms with Gasteiger partial charge in [0.2, 0.25) is 0 Å². The quantitative estimate of drug-likeness (QED) is 0.571. The summed E-state index contributed by atoms with van der Waals surface area (Å²) >= 11 is 2.01. The van der Waals surface area contributed by atoms with Gasteiger partial charge in [-0.05, 0) is 48.0 Å². The highest BCUT2D eigenvalue weighted by atomic mass is 32.2. The maximum atomic E-state index is 12.2. The van der Waals surface area contributed by atoms with E-state index in [0.717, 1.165) is 29.6 Å². The molecule has 1 fully saturated rings. The number of allylic oxidation sites excluding steroid dienone is 1. The molecule has 0 radical (unpaired) electrons. The number of hydrogen-bond acceptors (Lipinski definition) is 4. The second kappa shape index (κ2) is 7.15. The van der Waals surface area contributed by atoms with Gasteiger partial charge in [0.05, 0.1) is 0 Å². The van der Waals surface area contributed by atoms with E-state index in [1.54, 1.807) is 30.6 Å². The van der Waals surface area contributed by atoms with Gasteiger partial charge < -0.3 is 9.88 Å². The zero-order chi connectivity index (χ0) is 17.1. The van der Waals surface area contributed by atoms with Crippen molar-refractivity contribution < 1.29 is 4.79 Å². The minimum absolute atomic E-state index is 0.0355. The number of H-pyrrole nitrogens is 1. The van der Waals surface area contributed by atoms with E-state index in [0.29, 0.717) is 5.56 Å². The second-order valence-corrected chi connectivity index (χ2v) is 7.24. The van der Waals surface area contributed by atoms with Crippen LogP contribution in [0.5, 0.6) is 0 Å². The highest BCUT2D eigenvalue weighted by Crippen LogP contribution is 2.27. The number of rotatable bonds is 4. The molecular formula is C20H19N3OS.